The summed E-state index contributed by atoms with van der Waals surface area (Å²) in [4.78, 5) is 29.0. The lowest BCUT2D eigenvalue weighted by atomic mass is 9.86. The first-order chi connectivity index (χ1) is 12.9. The van der Waals surface area contributed by atoms with E-state index in [1.165, 1.54) is 23.5 Å². The van der Waals surface area contributed by atoms with E-state index in [1.807, 2.05) is 0 Å². The summed E-state index contributed by atoms with van der Waals surface area (Å²) < 4.78 is 18.3. The van der Waals surface area contributed by atoms with Gasteiger partial charge in [0.15, 0.2) is 0 Å². The Hall–Kier alpha value is -2.32. The van der Waals surface area contributed by atoms with E-state index in [0.29, 0.717) is 43.0 Å². The molecule has 0 spiro atoms. The molecule has 0 bridgehead atoms. The van der Waals surface area contributed by atoms with Gasteiger partial charge in [-0.25, -0.2) is 9.37 Å². The number of ether oxygens (including phenoxy) is 1. The van der Waals surface area contributed by atoms with E-state index in [9.17, 15) is 19.1 Å². The maximum atomic E-state index is 13.0. The third-order valence-electron chi connectivity index (χ3n) is 4.63. The van der Waals surface area contributed by atoms with Crippen molar-refractivity contribution >= 4 is 23.2 Å². The quantitative estimate of drug-likeness (QED) is 0.789. The van der Waals surface area contributed by atoms with E-state index >= 15 is 0 Å². The molecule has 0 atom stereocenters. The number of rotatable bonds is 6. The fraction of sp³-hybridized carbons (Fsp3) is 0.421. The lowest BCUT2D eigenvalue weighted by molar-refractivity contribution is -0.139. The van der Waals surface area contributed by atoms with Crippen molar-refractivity contribution in [2.45, 2.75) is 38.1 Å². The Balaban J connectivity index is 1.75. The van der Waals surface area contributed by atoms with Gasteiger partial charge in [0, 0.05) is 19.6 Å². The highest BCUT2D eigenvalue weighted by Crippen LogP contribution is 2.27. The van der Waals surface area contributed by atoms with E-state index in [2.05, 4.69) is 10.3 Å². The molecule has 1 saturated heterocycles. The summed E-state index contributed by atoms with van der Waals surface area (Å²) in [5.74, 6) is -1.55. The monoisotopic (exact) mass is 392 g/mol. The van der Waals surface area contributed by atoms with Crippen LogP contribution in [0, 0.1) is 12.7 Å². The van der Waals surface area contributed by atoms with Gasteiger partial charge in [0.25, 0.3) is 5.91 Å². The third kappa shape index (κ3) is 4.90. The summed E-state index contributed by atoms with van der Waals surface area (Å²) in [6.07, 6.45) is 1.30. The molecule has 8 heteroatoms. The number of halogens is 1. The van der Waals surface area contributed by atoms with Crippen LogP contribution in [0.5, 0.6) is 0 Å². The molecule has 144 valence electrons. The molecule has 1 amide bonds. The molecule has 3 rings (SSSR count). The Bertz CT molecular complexity index is 829. The molecule has 1 aromatic heterocycles. The number of carbonyl (C=O) groups excluding carboxylic acids is 1. The molecule has 6 nitrogen and oxygen atoms in total. The van der Waals surface area contributed by atoms with Crippen LogP contribution in [0.1, 0.15) is 45.2 Å². The first kappa shape index (κ1) is 19.4. The Morgan fingerprint density at radius 1 is 1.30 bits per heavy atom. The summed E-state index contributed by atoms with van der Waals surface area (Å²) in [7, 11) is 0. The summed E-state index contributed by atoms with van der Waals surface area (Å²) >= 11 is 1.28. The van der Waals surface area contributed by atoms with Gasteiger partial charge in [-0.1, -0.05) is 12.1 Å². The van der Waals surface area contributed by atoms with Crippen LogP contribution in [-0.4, -0.2) is 40.7 Å². The average Bonchev–Trinajstić information content (AvgIpc) is 2.97. The second-order valence-electron chi connectivity index (χ2n) is 6.74. The maximum Gasteiger partial charge on any atom is 0.305 e. The summed E-state index contributed by atoms with van der Waals surface area (Å²) in [6, 6.07) is 6.17. The second-order valence-corrected chi connectivity index (χ2v) is 7.83. The van der Waals surface area contributed by atoms with Gasteiger partial charge in [-0.2, -0.15) is 0 Å². The predicted octanol–water partition coefficient (Wildman–Crippen LogP) is 2.94. The zero-order valence-corrected chi connectivity index (χ0v) is 15.8. The minimum atomic E-state index is -0.949. The molecule has 1 aliphatic heterocycles. The predicted molar refractivity (Wildman–Crippen MR) is 98.6 cm³/mol. The summed E-state index contributed by atoms with van der Waals surface area (Å²) in [6.45, 7) is 2.60. The molecule has 0 unspecified atom stereocenters. The molecule has 1 fully saturated rings. The normalized spacial score (nSPS) is 16.1. The highest BCUT2D eigenvalue weighted by Gasteiger charge is 2.37. The molecule has 1 aromatic carbocycles. The van der Waals surface area contributed by atoms with Crippen LogP contribution in [0.2, 0.25) is 0 Å². The van der Waals surface area contributed by atoms with Crippen LogP contribution in [-0.2, 0) is 16.0 Å². The smallest absolute Gasteiger partial charge is 0.305 e. The number of thiazole rings is 1. The van der Waals surface area contributed by atoms with Crippen molar-refractivity contribution in [2.24, 2.45) is 0 Å². The van der Waals surface area contributed by atoms with E-state index in [1.54, 1.807) is 19.1 Å². The SMILES string of the molecule is Cc1nc(Cc2ccc(F)cc2)sc1C(=O)NC1(CC(=O)O)CCOCC1. The van der Waals surface area contributed by atoms with Gasteiger partial charge in [0.05, 0.1) is 22.7 Å². The van der Waals surface area contributed by atoms with E-state index in [4.69, 9.17) is 4.74 Å². The van der Waals surface area contributed by atoms with Crippen LogP contribution in [0.15, 0.2) is 24.3 Å². The van der Waals surface area contributed by atoms with E-state index in [-0.39, 0.29) is 18.1 Å². The number of benzene rings is 1. The van der Waals surface area contributed by atoms with Crippen molar-refractivity contribution in [1.82, 2.24) is 10.3 Å². The van der Waals surface area contributed by atoms with Crippen LogP contribution < -0.4 is 5.32 Å². The summed E-state index contributed by atoms with van der Waals surface area (Å²) in [5.41, 5.74) is 0.713. The lowest BCUT2D eigenvalue weighted by Gasteiger charge is -2.36. The first-order valence-corrected chi connectivity index (χ1v) is 9.51. The number of amides is 1. The van der Waals surface area contributed by atoms with Crippen molar-refractivity contribution < 1.29 is 23.8 Å². The van der Waals surface area contributed by atoms with Gasteiger partial charge in [0.2, 0.25) is 0 Å². The Kier molecular flexibility index (Phi) is 5.86. The van der Waals surface area contributed by atoms with E-state index in [0.717, 1.165) is 10.6 Å². The third-order valence-corrected chi connectivity index (χ3v) is 5.79. The number of aromatic nitrogens is 1. The van der Waals surface area contributed by atoms with Crippen molar-refractivity contribution in [1.29, 1.82) is 0 Å². The molecule has 2 heterocycles. The molecule has 2 N–H and O–H groups in total. The van der Waals surface area contributed by atoms with Gasteiger partial charge < -0.3 is 15.2 Å². The zero-order valence-electron chi connectivity index (χ0n) is 15.0. The van der Waals surface area contributed by atoms with Crippen molar-refractivity contribution in [3.8, 4) is 0 Å². The Labute approximate surface area is 160 Å². The molecule has 2 aromatic rings. The zero-order chi connectivity index (χ0) is 19.4. The van der Waals surface area contributed by atoms with Crippen molar-refractivity contribution in [3.05, 3.63) is 51.2 Å². The van der Waals surface area contributed by atoms with Gasteiger partial charge in [-0.05, 0) is 37.5 Å². The lowest BCUT2D eigenvalue weighted by Crippen LogP contribution is -2.53. The maximum absolute atomic E-state index is 13.0. The minimum Gasteiger partial charge on any atom is -0.481 e. The van der Waals surface area contributed by atoms with Gasteiger partial charge in [-0.3, -0.25) is 9.59 Å². The molecule has 1 aliphatic rings. The number of aryl methyl sites for hydroxylation is 1. The molecule has 0 aliphatic carbocycles. The highest BCUT2D eigenvalue weighted by molar-refractivity contribution is 7.13. The minimum absolute atomic E-state index is 0.137. The van der Waals surface area contributed by atoms with Crippen LogP contribution in [0.25, 0.3) is 0 Å². The molecular formula is C19H21FN2O4S. The van der Waals surface area contributed by atoms with Crippen molar-refractivity contribution in [3.63, 3.8) is 0 Å². The van der Waals surface area contributed by atoms with Crippen LogP contribution in [0.4, 0.5) is 4.39 Å². The van der Waals surface area contributed by atoms with Crippen LogP contribution >= 0.6 is 11.3 Å². The highest BCUT2D eigenvalue weighted by atomic mass is 32.1. The van der Waals surface area contributed by atoms with E-state index < -0.39 is 11.5 Å². The average molecular weight is 392 g/mol. The number of carbonyl (C=O) groups is 2. The Morgan fingerprint density at radius 2 is 1.96 bits per heavy atom. The van der Waals surface area contributed by atoms with Gasteiger partial charge in [-0.15, -0.1) is 11.3 Å². The number of nitrogens with one attached hydrogen (secondary N) is 1. The fourth-order valence-corrected chi connectivity index (χ4v) is 4.20. The molecule has 0 saturated carbocycles. The number of nitrogens with zero attached hydrogens (tertiary/aromatic N) is 1. The van der Waals surface area contributed by atoms with Crippen LogP contribution in [0.3, 0.4) is 0 Å². The Morgan fingerprint density at radius 3 is 2.59 bits per heavy atom. The standard InChI is InChI=1S/C19H21FN2O4S/c1-12-17(27-15(21-12)10-13-2-4-14(20)5-3-13)18(25)22-19(11-16(23)24)6-8-26-9-7-19/h2-5H,6-11H2,1H3,(H,22,25)(H,23,24). The second kappa shape index (κ2) is 8.14. The largest absolute Gasteiger partial charge is 0.481 e. The number of hydrogen-bond acceptors (Lipinski definition) is 5. The number of carboxylic acid groups (broad SMARTS) is 1. The van der Waals surface area contributed by atoms with Gasteiger partial charge in [0.1, 0.15) is 10.7 Å². The molecule has 27 heavy (non-hydrogen) atoms. The molecular weight excluding hydrogens is 371 g/mol. The fourth-order valence-electron chi connectivity index (χ4n) is 3.21. The number of hydrogen-bond donors (Lipinski definition) is 2. The topological polar surface area (TPSA) is 88.5 Å². The number of aliphatic carboxylic acids is 1. The summed E-state index contributed by atoms with van der Waals surface area (Å²) in [5, 5.41) is 12.9. The van der Waals surface area contributed by atoms with Crippen molar-refractivity contribution in [2.75, 3.05) is 13.2 Å². The van der Waals surface area contributed by atoms with Gasteiger partial charge >= 0.3 is 5.97 Å². The molecule has 0 radical (unpaired) electrons. The number of carboxylic acids is 1. The first-order valence-electron chi connectivity index (χ1n) is 8.70.